The van der Waals surface area contributed by atoms with Crippen LogP contribution in [0.5, 0.6) is 0 Å². The molecular weight excluding hydrogens is 278 g/mol. The Balaban J connectivity index is 1.84. The van der Waals surface area contributed by atoms with E-state index in [0.717, 1.165) is 11.1 Å². The summed E-state index contributed by atoms with van der Waals surface area (Å²) in [5, 5.41) is 2.85. The number of nitrogens with zero attached hydrogens (tertiary/aromatic N) is 2. The fraction of sp³-hybridized carbons (Fsp3) is 0.235. The lowest BCUT2D eigenvalue weighted by Gasteiger charge is -2.35. The molecule has 2 aromatic rings. The van der Waals surface area contributed by atoms with Crippen molar-refractivity contribution in [3.63, 3.8) is 0 Å². The molecule has 112 valence electrons. The molecule has 5 heteroatoms. The third-order valence-electron chi connectivity index (χ3n) is 3.90. The summed E-state index contributed by atoms with van der Waals surface area (Å²) in [5.74, 6) is -0.264. The molecular formula is C17H17N3O2. The SMILES string of the molecule is CC(=O)N1Cc2ccccc2C[C@H]1C(=O)Nc1ccncc1. The van der Waals surface area contributed by atoms with Crippen LogP contribution in [0, 0.1) is 0 Å². The molecule has 5 nitrogen and oxygen atoms in total. The van der Waals surface area contributed by atoms with Gasteiger partial charge in [-0.05, 0) is 23.3 Å². The van der Waals surface area contributed by atoms with Crippen LogP contribution in [0.15, 0.2) is 48.8 Å². The van der Waals surface area contributed by atoms with Gasteiger partial charge in [0.05, 0.1) is 0 Å². The molecule has 1 aliphatic rings. The van der Waals surface area contributed by atoms with Crippen molar-refractivity contribution in [2.45, 2.75) is 25.9 Å². The number of carbonyl (C=O) groups is 2. The number of hydrogen-bond acceptors (Lipinski definition) is 3. The lowest BCUT2D eigenvalue weighted by Crippen LogP contribution is -2.49. The quantitative estimate of drug-likeness (QED) is 0.921. The normalized spacial score (nSPS) is 16.8. The standard InChI is InChI=1S/C17H17N3O2/c1-12(21)20-11-14-5-3-2-4-13(14)10-16(20)17(22)19-15-6-8-18-9-7-15/h2-9,16H,10-11H2,1H3,(H,18,19,22)/t16-/m0/s1. The van der Waals surface area contributed by atoms with Gasteiger partial charge in [-0.3, -0.25) is 14.6 Å². The zero-order valence-electron chi connectivity index (χ0n) is 12.3. The number of aromatic nitrogens is 1. The Kier molecular flexibility index (Phi) is 3.87. The second kappa shape index (κ2) is 5.97. The number of pyridine rings is 1. The highest BCUT2D eigenvalue weighted by Crippen LogP contribution is 2.24. The zero-order chi connectivity index (χ0) is 15.5. The maximum Gasteiger partial charge on any atom is 0.247 e. The molecule has 0 spiro atoms. The number of hydrogen-bond donors (Lipinski definition) is 1. The molecule has 0 fully saturated rings. The first kappa shape index (κ1) is 14.3. The molecule has 0 radical (unpaired) electrons. The molecule has 0 saturated carbocycles. The first-order valence-electron chi connectivity index (χ1n) is 7.20. The van der Waals surface area contributed by atoms with Crippen molar-refractivity contribution >= 4 is 17.5 Å². The first-order valence-corrected chi connectivity index (χ1v) is 7.20. The Morgan fingerprint density at radius 2 is 1.82 bits per heavy atom. The van der Waals surface area contributed by atoms with Crippen LogP contribution in [-0.4, -0.2) is 27.7 Å². The van der Waals surface area contributed by atoms with E-state index < -0.39 is 6.04 Å². The van der Waals surface area contributed by atoms with E-state index in [-0.39, 0.29) is 11.8 Å². The molecule has 1 atom stereocenters. The Bertz CT molecular complexity index is 700. The predicted molar refractivity (Wildman–Crippen MR) is 83.0 cm³/mol. The highest BCUT2D eigenvalue weighted by Gasteiger charge is 2.32. The minimum Gasteiger partial charge on any atom is -0.326 e. The number of rotatable bonds is 2. The van der Waals surface area contributed by atoms with E-state index in [1.807, 2.05) is 24.3 Å². The van der Waals surface area contributed by atoms with E-state index in [9.17, 15) is 9.59 Å². The third-order valence-corrected chi connectivity index (χ3v) is 3.90. The fourth-order valence-electron chi connectivity index (χ4n) is 2.75. The summed E-state index contributed by atoms with van der Waals surface area (Å²) in [6.45, 7) is 1.97. The van der Waals surface area contributed by atoms with Crippen LogP contribution in [0.3, 0.4) is 0 Å². The number of amides is 2. The van der Waals surface area contributed by atoms with Crippen molar-refractivity contribution in [1.82, 2.24) is 9.88 Å². The average Bonchev–Trinajstić information content (AvgIpc) is 2.54. The number of benzene rings is 1. The molecule has 2 heterocycles. The highest BCUT2D eigenvalue weighted by atomic mass is 16.2. The van der Waals surface area contributed by atoms with Crippen LogP contribution >= 0.6 is 0 Å². The molecule has 0 saturated heterocycles. The number of fused-ring (bicyclic) bond motifs is 1. The number of anilines is 1. The zero-order valence-corrected chi connectivity index (χ0v) is 12.3. The van der Waals surface area contributed by atoms with Crippen LogP contribution < -0.4 is 5.32 Å². The summed E-state index contributed by atoms with van der Waals surface area (Å²) in [6.07, 6.45) is 3.77. The monoisotopic (exact) mass is 295 g/mol. The smallest absolute Gasteiger partial charge is 0.247 e. The summed E-state index contributed by atoms with van der Waals surface area (Å²) in [5.41, 5.74) is 2.91. The van der Waals surface area contributed by atoms with Crippen molar-refractivity contribution in [2.75, 3.05) is 5.32 Å². The van der Waals surface area contributed by atoms with Crippen molar-refractivity contribution < 1.29 is 9.59 Å². The molecule has 1 aliphatic heterocycles. The summed E-state index contributed by atoms with van der Waals surface area (Å²) < 4.78 is 0. The maximum absolute atomic E-state index is 12.6. The van der Waals surface area contributed by atoms with Crippen LogP contribution in [0.1, 0.15) is 18.1 Å². The van der Waals surface area contributed by atoms with Gasteiger partial charge in [0.1, 0.15) is 6.04 Å². The number of carbonyl (C=O) groups excluding carboxylic acids is 2. The van der Waals surface area contributed by atoms with Gasteiger partial charge in [-0.15, -0.1) is 0 Å². The van der Waals surface area contributed by atoms with Gasteiger partial charge in [0.2, 0.25) is 11.8 Å². The van der Waals surface area contributed by atoms with Gasteiger partial charge in [0.25, 0.3) is 0 Å². The van der Waals surface area contributed by atoms with Crippen molar-refractivity contribution in [2.24, 2.45) is 0 Å². The maximum atomic E-state index is 12.6. The third kappa shape index (κ3) is 2.83. The lowest BCUT2D eigenvalue weighted by molar-refractivity contribution is -0.138. The molecule has 22 heavy (non-hydrogen) atoms. The fourth-order valence-corrected chi connectivity index (χ4v) is 2.75. The largest absolute Gasteiger partial charge is 0.326 e. The van der Waals surface area contributed by atoms with Crippen molar-refractivity contribution in [3.8, 4) is 0 Å². The van der Waals surface area contributed by atoms with E-state index in [1.54, 1.807) is 29.4 Å². The number of nitrogens with one attached hydrogen (secondary N) is 1. The van der Waals surface area contributed by atoms with Gasteiger partial charge in [0, 0.05) is 38.0 Å². The van der Waals surface area contributed by atoms with Crippen LogP contribution in [0.25, 0.3) is 0 Å². The average molecular weight is 295 g/mol. The van der Waals surface area contributed by atoms with Gasteiger partial charge >= 0.3 is 0 Å². The Morgan fingerprint density at radius 3 is 2.50 bits per heavy atom. The Labute approximate surface area is 129 Å². The van der Waals surface area contributed by atoms with Crippen LogP contribution in [-0.2, 0) is 22.6 Å². The van der Waals surface area contributed by atoms with Crippen molar-refractivity contribution in [1.29, 1.82) is 0 Å². The second-order valence-electron chi connectivity index (χ2n) is 5.36. The molecule has 1 aromatic heterocycles. The summed E-state index contributed by atoms with van der Waals surface area (Å²) in [7, 11) is 0. The van der Waals surface area contributed by atoms with Gasteiger partial charge in [0.15, 0.2) is 0 Å². The van der Waals surface area contributed by atoms with Crippen LogP contribution in [0.4, 0.5) is 5.69 Å². The Hall–Kier alpha value is -2.69. The molecule has 3 rings (SSSR count). The van der Waals surface area contributed by atoms with Crippen LogP contribution in [0.2, 0.25) is 0 Å². The molecule has 2 amide bonds. The summed E-state index contributed by atoms with van der Waals surface area (Å²) in [4.78, 5) is 30.0. The second-order valence-corrected chi connectivity index (χ2v) is 5.36. The van der Waals surface area contributed by atoms with E-state index in [2.05, 4.69) is 10.3 Å². The summed E-state index contributed by atoms with van der Waals surface area (Å²) in [6, 6.07) is 10.9. The molecule has 0 unspecified atom stereocenters. The minimum atomic E-state index is -0.486. The van der Waals surface area contributed by atoms with Gasteiger partial charge in [-0.1, -0.05) is 24.3 Å². The molecule has 1 aromatic carbocycles. The molecule has 0 bridgehead atoms. The van der Waals surface area contributed by atoms with Gasteiger partial charge in [-0.2, -0.15) is 0 Å². The molecule has 0 aliphatic carbocycles. The Morgan fingerprint density at radius 1 is 1.14 bits per heavy atom. The highest BCUT2D eigenvalue weighted by molar-refractivity contribution is 5.97. The minimum absolute atomic E-state index is 0.0932. The predicted octanol–water partition coefficient (Wildman–Crippen LogP) is 1.99. The topological polar surface area (TPSA) is 62.3 Å². The first-order chi connectivity index (χ1) is 10.6. The van der Waals surface area contributed by atoms with Gasteiger partial charge < -0.3 is 10.2 Å². The lowest BCUT2D eigenvalue weighted by atomic mass is 9.93. The van der Waals surface area contributed by atoms with E-state index >= 15 is 0 Å². The van der Waals surface area contributed by atoms with E-state index in [0.29, 0.717) is 18.7 Å². The molecule has 1 N–H and O–H groups in total. The van der Waals surface area contributed by atoms with Crippen molar-refractivity contribution in [3.05, 3.63) is 59.9 Å². The van der Waals surface area contributed by atoms with E-state index in [1.165, 1.54) is 6.92 Å². The summed E-state index contributed by atoms with van der Waals surface area (Å²) >= 11 is 0. The van der Waals surface area contributed by atoms with Gasteiger partial charge in [-0.25, -0.2) is 0 Å². The van der Waals surface area contributed by atoms with E-state index in [4.69, 9.17) is 0 Å².